The molecule has 1 saturated heterocycles. The highest BCUT2D eigenvalue weighted by atomic mass is 32.2. The number of thioether (sulfide) groups is 1. The van der Waals surface area contributed by atoms with Gasteiger partial charge in [-0.15, -0.1) is 0 Å². The molecule has 2 rings (SSSR count). The Morgan fingerprint density at radius 3 is 2.86 bits per heavy atom. The smallest absolute Gasteiger partial charge is 0.270 e. The number of hydrogen-bond donors (Lipinski definition) is 2. The van der Waals surface area contributed by atoms with Gasteiger partial charge in [0.1, 0.15) is 0 Å². The van der Waals surface area contributed by atoms with Gasteiger partial charge >= 0.3 is 0 Å². The van der Waals surface area contributed by atoms with Gasteiger partial charge in [-0.1, -0.05) is 6.92 Å². The molecule has 1 aromatic carbocycles. The number of carbonyl (C=O) groups excluding carboxylic acids is 1. The highest BCUT2D eigenvalue weighted by Gasteiger charge is 2.31. The number of amides is 1. The Morgan fingerprint density at radius 2 is 2.24 bits per heavy atom. The molecule has 114 valence electrons. The maximum absolute atomic E-state index is 12.7. The average Bonchev–Trinajstić information content (AvgIpc) is 2.48. The number of nitrogen functional groups attached to an aromatic ring is 1. The van der Waals surface area contributed by atoms with Crippen LogP contribution < -0.4 is 11.3 Å². The monoisotopic (exact) mass is 310 g/mol. The maximum atomic E-state index is 12.7. The maximum Gasteiger partial charge on any atom is 0.270 e. The Hall–Kier alpha value is -1.80. The Morgan fingerprint density at radius 1 is 1.52 bits per heavy atom. The number of nitrogens with two attached hydrogens (primary N) is 1. The number of carbonyl (C=O) groups is 1. The van der Waals surface area contributed by atoms with E-state index in [0.29, 0.717) is 17.5 Å². The van der Waals surface area contributed by atoms with Gasteiger partial charge in [-0.3, -0.25) is 20.8 Å². The highest BCUT2D eigenvalue weighted by Crippen LogP contribution is 2.28. The Kier molecular flexibility index (Phi) is 4.69. The van der Waals surface area contributed by atoms with E-state index < -0.39 is 4.92 Å². The fourth-order valence-corrected chi connectivity index (χ4v) is 3.42. The van der Waals surface area contributed by atoms with Gasteiger partial charge in [0.2, 0.25) is 0 Å². The molecule has 0 aromatic heterocycles. The fourth-order valence-electron chi connectivity index (χ4n) is 2.32. The summed E-state index contributed by atoms with van der Waals surface area (Å²) in [5.74, 6) is 6.04. The highest BCUT2D eigenvalue weighted by molar-refractivity contribution is 8.00. The van der Waals surface area contributed by atoms with Crippen molar-refractivity contribution in [3.05, 3.63) is 33.9 Å². The van der Waals surface area contributed by atoms with Gasteiger partial charge < -0.3 is 10.3 Å². The van der Waals surface area contributed by atoms with Gasteiger partial charge in [0.25, 0.3) is 11.6 Å². The second kappa shape index (κ2) is 6.31. The lowest BCUT2D eigenvalue weighted by Crippen LogP contribution is -2.48. The third-order valence-corrected chi connectivity index (χ3v) is 5.08. The first-order valence-corrected chi connectivity index (χ1v) is 7.68. The number of non-ortho nitro benzene ring substituents is 1. The first-order chi connectivity index (χ1) is 9.95. The first-order valence-electron chi connectivity index (χ1n) is 6.63. The van der Waals surface area contributed by atoms with Crippen LogP contribution in [-0.2, 0) is 0 Å². The van der Waals surface area contributed by atoms with Crippen LogP contribution in [0.2, 0.25) is 0 Å². The zero-order valence-corrected chi connectivity index (χ0v) is 12.7. The van der Waals surface area contributed by atoms with Crippen molar-refractivity contribution in [2.45, 2.75) is 25.1 Å². The molecule has 0 spiro atoms. The second-order valence-electron chi connectivity index (χ2n) is 4.95. The van der Waals surface area contributed by atoms with E-state index in [1.807, 2.05) is 18.7 Å². The second-order valence-corrected chi connectivity index (χ2v) is 6.43. The van der Waals surface area contributed by atoms with Crippen molar-refractivity contribution in [1.82, 2.24) is 4.90 Å². The van der Waals surface area contributed by atoms with E-state index in [9.17, 15) is 14.9 Å². The lowest BCUT2D eigenvalue weighted by atomic mass is 10.1. The van der Waals surface area contributed by atoms with Crippen molar-refractivity contribution in [2.24, 2.45) is 5.84 Å². The molecule has 0 bridgehead atoms. The van der Waals surface area contributed by atoms with Gasteiger partial charge in [-0.2, -0.15) is 11.8 Å². The summed E-state index contributed by atoms with van der Waals surface area (Å²) >= 11 is 1.82. The molecule has 7 nitrogen and oxygen atoms in total. The standard InChI is InChI=1S/C13H18N4O3S/c1-8-9(2)21-6-5-16(8)13(18)11-7-10(17(19)20)3-4-12(11)15-14/h3-4,7-9,15H,5-6,14H2,1-2H3. The summed E-state index contributed by atoms with van der Waals surface area (Å²) in [6, 6.07) is 4.12. The lowest BCUT2D eigenvalue weighted by Gasteiger charge is -2.37. The van der Waals surface area contributed by atoms with E-state index in [-0.39, 0.29) is 23.2 Å². The van der Waals surface area contributed by atoms with Crippen LogP contribution in [-0.4, -0.2) is 39.3 Å². The van der Waals surface area contributed by atoms with Crippen molar-refractivity contribution >= 4 is 29.0 Å². The minimum absolute atomic E-state index is 0.0705. The van der Waals surface area contributed by atoms with Gasteiger partial charge in [0, 0.05) is 35.7 Å². The molecule has 0 saturated carbocycles. The van der Waals surface area contributed by atoms with E-state index in [0.717, 1.165) is 5.75 Å². The summed E-state index contributed by atoms with van der Waals surface area (Å²) in [5.41, 5.74) is 2.94. The molecule has 2 unspecified atom stereocenters. The minimum Gasteiger partial charge on any atom is -0.334 e. The van der Waals surface area contributed by atoms with E-state index in [2.05, 4.69) is 12.3 Å². The third-order valence-electron chi connectivity index (χ3n) is 3.74. The molecule has 0 radical (unpaired) electrons. The van der Waals surface area contributed by atoms with Crippen LogP contribution in [0.15, 0.2) is 18.2 Å². The SMILES string of the molecule is CC1SCCN(C(=O)c2cc([N+](=O)[O-])ccc2NN)C1C. The van der Waals surface area contributed by atoms with Crippen molar-refractivity contribution in [1.29, 1.82) is 0 Å². The molecular weight excluding hydrogens is 292 g/mol. The number of nitrogens with zero attached hydrogens (tertiary/aromatic N) is 2. The van der Waals surface area contributed by atoms with Gasteiger partial charge in [-0.25, -0.2) is 0 Å². The van der Waals surface area contributed by atoms with Crippen LogP contribution in [0.5, 0.6) is 0 Å². The zero-order valence-electron chi connectivity index (χ0n) is 11.9. The number of anilines is 1. The lowest BCUT2D eigenvalue weighted by molar-refractivity contribution is -0.384. The molecule has 1 amide bonds. The molecule has 2 atom stereocenters. The van der Waals surface area contributed by atoms with Crippen molar-refractivity contribution in [3.8, 4) is 0 Å². The van der Waals surface area contributed by atoms with E-state index >= 15 is 0 Å². The summed E-state index contributed by atoms with van der Waals surface area (Å²) in [5, 5.41) is 11.2. The molecule has 0 aliphatic carbocycles. The van der Waals surface area contributed by atoms with Crippen molar-refractivity contribution in [2.75, 3.05) is 17.7 Å². The van der Waals surface area contributed by atoms with Crippen LogP contribution in [0.4, 0.5) is 11.4 Å². The van der Waals surface area contributed by atoms with Crippen LogP contribution in [0.1, 0.15) is 24.2 Å². The number of nitro benzene ring substituents is 1. The zero-order chi connectivity index (χ0) is 15.6. The molecular formula is C13H18N4O3S. The third kappa shape index (κ3) is 3.11. The summed E-state index contributed by atoms with van der Waals surface area (Å²) in [4.78, 5) is 24.8. The van der Waals surface area contributed by atoms with Crippen LogP contribution in [0, 0.1) is 10.1 Å². The van der Waals surface area contributed by atoms with Crippen LogP contribution in [0.3, 0.4) is 0 Å². The topological polar surface area (TPSA) is 102 Å². The predicted octanol–water partition coefficient (Wildman–Crippen LogP) is 1.85. The number of nitro groups is 1. The molecule has 3 N–H and O–H groups in total. The summed E-state index contributed by atoms with van der Waals surface area (Å²) in [7, 11) is 0. The van der Waals surface area contributed by atoms with E-state index in [4.69, 9.17) is 5.84 Å². The van der Waals surface area contributed by atoms with Crippen molar-refractivity contribution < 1.29 is 9.72 Å². The van der Waals surface area contributed by atoms with Gasteiger partial charge in [0.05, 0.1) is 16.2 Å². The van der Waals surface area contributed by atoms with Gasteiger partial charge in [0.15, 0.2) is 0 Å². The summed E-state index contributed by atoms with van der Waals surface area (Å²) in [6.45, 7) is 4.69. The fraction of sp³-hybridized carbons (Fsp3) is 0.462. The first kappa shape index (κ1) is 15.6. The number of hydrogen-bond acceptors (Lipinski definition) is 6. The molecule has 8 heteroatoms. The number of nitrogens with one attached hydrogen (secondary N) is 1. The van der Waals surface area contributed by atoms with E-state index in [1.165, 1.54) is 18.2 Å². The molecule has 1 aromatic rings. The quantitative estimate of drug-likeness (QED) is 0.502. The molecule has 1 aliphatic rings. The Balaban J connectivity index is 2.37. The minimum atomic E-state index is -0.519. The predicted molar refractivity (Wildman–Crippen MR) is 83.3 cm³/mol. The molecule has 1 aliphatic heterocycles. The molecule has 1 heterocycles. The Labute approximate surface area is 127 Å². The number of hydrazine groups is 1. The number of benzene rings is 1. The van der Waals surface area contributed by atoms with Crippen LogP contribution in [0.25, 0.3) is 0 Å². The average molecular weight is 310 g/mol. The van der Waals surface area contributed by atoms with Crippen LogP contribution >= 0.6 is 11.8 Å². The van der Waals surface area contributed by atoms with E-state index in [1.54, 1.807) is 4.90 Å². The summed E-state index contributed by atoms with van der Waals surface area (Å²) < 4.78 is 0. The van der Waals surface area contributed by atoms with Crippen molar-refractivity contribution in [3.63, 3.8) is 0 Å². The molecule has 21 heavy (non-hydrogen) atoms. The normalized spacial score (nSPS) is 22.0. The van der Waals surface area contributed by atoms with Gasteiger partial charge in [-0.05, 0) is 13.0 Å². The Bertz CT molecular complexity index is 566. The summed E-state index contributed by atoms with van der Waals surface area (Å²) in [6.07, 6.45) is 0. The molecule has 1 fully saturated rings. The number of rotatable bonds is 3. The largest absolute Gasteiger partial charge is 0.334 e.